The quantitative estimate of drug-likeness (QED) is 0.187. The molecule has 8 N–H and O–H groups in total. The van der Waals surface area contributed by atoms with E-state index >= 15 is 0 Å². The molecular weight excluding hydrogens is 527 g/mol. The topological polar surface area (TPSA) is 162 Å². The van der Waals surface area contributed by atoms with E-state index in [2.05, 4.69) is 15.6 Å². The van der Waals surface area contributed by atoms with Crippen molar-refractivity contribution in [2.45, 2.75) is 37.5 Å². The molecule has 0 radical (unpaired) electrons. The Morgan fingerprint density at radius 1 is 1.00 bits per heavy atom. The molecule has 0 aliphatic carbocycles. The van der Waals surface area contributed by atoms with E-state index in [9.17, 15) is 22.8 Å². The summed E-state index contributed by atoms with van der Waals surface area (Å²) in [6.07, 6.45) is -3.59. The SMILES string of the molecule is C[N+](CCN)(CCN)CCC[C@H](N)C(=O)N[C@@H](Cc1ccc(C(F)(F)F)cc1)C(=O)Nc1nc2ccccc2o1. The Bertz CT molecular complexity index is 1230. The lowest BCUT2D eigenvalue weighted by Gasteiger charge is -2.34. The number of halogens is 3. The van der Waals surface area contributed by atoms with E-state index in [4.69, 9.17) is 21.6 Å². The number of benzene rings is 2. The van der Waals surface area contributed by atoms with Crippen LogP contribution >= 0.6 is 0 Å². The van der Waals surface area contributed by atoms with Gasteiger partial charge in [-0.3, -0.25) is 14.9 Å². The van der Waals surface area contributed by atoms with E-state index in [0.29, 0.717) is 47.1 Å². The van der Waals surface area contributed by atoms with Gasteiger partial charge in [0.05, 0.1) is 38.3 Å². The van der Waals surface area contributed by atoms with Gasteiger partial charge in [-0.15, -0.1) is 0 Å². The second kappa shape index (κ2) is 13.7. The second-order valence-electron chi connectivity index (χ2n) is 10.1. The zero-order valence-corrected chi connectivity index (χ0v) is 22.4. The average molecular weight is 565 g/mol. The molecule has 0 aliphatic heterocycles. The highest BCUT2D eigenvalue weighted by Gasteiger charge is 2.31. The van der Waals surface area contributed by atoms with Gasteiger partial charge in [-0.05, 0) is 42.7 Å². The number of carbonyl (C=O) groups excluding carboxylic acids is 2. The van der Waals surface area contributed by atoms with Gasteiger partial charge in [-0.25, -0.2) is 0 Å². The fourth-order valence-corrected chi connectivity index (χ4v) is 4.45. The van der Waals surface area contributed by atoms with Gasteiger partial charge in [0.1, 0.15) is 11.6 Å². The molecule has 13 heteroatoms. The van der Waals surface area contributed by atoms with Crippen molar-refractivity contribution in [1.29, 1.82) is 0 Å². The number of oxazole rings is 1. The van der Waals surface area contributed by atoms with Crippen LogP contribution in [-0.4, -0.2) is 73.1 Å². The van der Waals surface area contributed by atoms with Crippen LogP contribution in [0.3, 0.4) is 0 Å². The molecule has 218 valence electrons. The van der Waals surface area contributed by atoms with Gasteiger partial charge < -0.3 is 31.4 Å². The first-order valence-corrected chi connectivity index (χ1v) is 13.1. The summed E-state index contributed by atoms with van der Waals surface area (Å²) in [5.41, 5.74) is 18.2. The predicted octanol–water partition coefficient (Wildman–Crippen LogP) is 1.98. The summed E-state index contributed by atoms with van der Waals surface area (Å²) in [6.45, 7) is 3.21. The number of nitrogens with zero attached hydrogens (tertiary/aromatic N) is 2. The van der Waals surface area contributed by atoms with Crippen molar-refractivity contribution in [2.24, 2.45) is 17.2 Å². The Balaban J connectivity index is 1.70. The van der Waals surface area contributed by atoms with Gasteiger partial charge in [-0.2, -0.15) is 18.2 Å². The van der Waals surface area contributed by atoms with Crippen LogP contribution < -0.4 is 27.8 Å². The van der Waals surface area contributed by atoms with E-state index in [1.807, 2.05) is 7.05 Å². The van der Waals surface area contributed by atoms with Gasteiger partial charge in [0.2, 0.25) is 5.91 Å². The van der Waals surface area contributed by atoms with Gasteiger partial charge in [-0.1, -0.05) is 24.3 Å². The lowest BCUT2D eigenvalue weighted by atomic mass is 10.0. The molecule has 0 saturated carbocycles. The number of hydrogen-bond donors (Lipinski definition) is 5. The third-order valence-corrected chi connectivity index (χ3v) is 6.77. The number of quaternary nitrogens is 1. The minimum absolute atomic E-state index is 0.0703. The summed E-state index contributed by atoms with van der Waals surface area (Å²) in [5.74, 6) is -1.21. The van der Waals surface area contributed by atoms with Crippen molar-refractivity contribution >= 4 is 28.9 Å². The van der Waals surface area contributed by atoms with Crippen LogP contribution in [0.5, 0.6) is 0 Å². The average Bonchev–Trinajstić information content (AvgIpc) is 3.30. The van der Waals surface area contributed by atoms with Crippen LogP contribution in [0.15, 0.2) is 52.9 Å². The number of rotatable bonds is 14. The molecule has 3 rings (SSSR count). The molecule has 1 aromatic heterocycles. The monoisotopic (exact) mass is 564 g/mol. The summed E-state index contributed by atoms with van der Waals surface area (Å²) in [7, 11) is 2.04. The Kier molecular flexibility index (Phi) is 10.6. The molecule has 2 aromatic carbocycles. The number of alkyl halides is 3. The lowest BCUT2D eigenvalue weighted by molar-refractivity contribution is -0.907. The molecule has 2 amide bonds. The normalized spacial score (nSPS) is 13.7. The van der Waals surface area contributed by atoms with Crippen molar-refractivity contribution in [3.63, 3.8) is 0 Å². The fraction of sp³-hybridized carbons (Fsp3) is 0.444. The molecule has 0 fully saturated rings. The number of likely N-dealkylation sites (N-methyl/N-ethyl adjacent to an activating group) is 1. The largest absolute Gasteiger partial charge is 0.423 e. The second-order valence-corrected chi connectivity index (χ2v) is 10.1. The first-order chi connectivity index (χ1) is 18.9. The molecule has 10 nitrogen and oxygen atoms in total. The Morgan fingerprint density at radius 2 is 1.65 bits per heavy atom. The van der Waals surface area contributed by atoms with Crippen molar-refractivity contribution in [2.75, 3.05) is 45.1 Å². The van der Waals surface area contributed by atoms with E-state index in [1.54, 1.807) is 24.3 Å². The number of carbonyl (C=O) groups is 2. The van der Waals surface area contributed by atoms with Crippen molar-refractivity contribution in [1.82, 2.24) is 10.3 Å². The number of anilines is 1. The van der Waals surface area contributed by atoms with Gasteiger partial charge in [0, 0.05) is 19.5 Å². The minimum Gasteiger partial charge on any atom is -0.423 e. The smallest absolute Gasteiger partial charge is 0.416 e. The van der Waals surface area contributed by atoms with Crippen molar-refractivity contribution < 1.29 is 31.7 Å². The molecular formula is C27H37F3N7O3+. The number of aromatic nitrogens is 1. The zero-order chi connectivity index (χ0) is 29.3. The maximum Gasteiger partial charge on any atom is 0.416 e. The summed E-state index contributed by atoms with van der Waals surface area (Å²) in [4.78, 5) is 30.4. The maximum atomic E-state index is 13.2. The first-order valence-electron chi connectivity index (χ1n) is 13.1. The standard InChI is InChI=1S/C27H36F3N7O3/c1-37(15-12-31,16-13-32)14-4-5-20(33)24(38)34-22(17-18-8-10-19(11-9-18)27(28,29)30)25(39)36-26-35-21-6-2-3-7-23(21)40-26/h2-3,6-11,20,22H,4-5,12-17,31-33H2,1H3,(H-,34,35,36,38,39)/p+1/t20-,22-/m0/s1. The first kappa shape index (κ1) is 31.0. The number of amides is 2. The number of nitrogens with one attached hydrogen (secondary N) is 2. The molecule has 1 heterocycles. The molecule has 0 unspecified atom stereocenters. The fourth-order valence-electron chi connectivity index (χ4n) is 4.45. The molecule has 3 aromatic rings. The zero-order valence-electron chi connectivity index (χ0n) is 22.4. The highest BCUT2D eigenvalue weighted by molar-refractivity contribution is 5.97. The molecule has 2 atom stereocenters. The van der Waals surface area contributed by atoms with Gasteiger partial charge in [0.25, 0.3) is 5.91 Å². The van der Waals surface area contributed by atoms with E-state index in [-0.39, 0.29) is 12.4 Å². The third kappa shape index (κ3) is 8.74. The van der Waals surface area contributed by atoms with Crippen molar-refractivity contribution in [3.05, 3.63) is 59.7 Å². The Labute approximate surface area is 230 Å². The van der Waals surface area contributed by atoms with Crippen molar-refractivity contribution in [3.8, 4) is 0 Å². The van der Waals surface area contributed by atoms with Gasteiger partial charge >= 0.3 is 12.2 Å². The highest BCUT2D eigenvalue weighted by Crippen LogP contribution is 2.29. The van der Waals surface area contributed by atoms with Crippen LogP contribution in [0.25, 0.3) is 11.1 Å². The summed E-state index contributed by atoms with van der Waals surface area (Å²) < 4.78 is 45.2. The van der Waals surface area contributed by atoms with E-state index in [1.165, 1.54) is 12.1 Å². The van der Waals surface area contributed by atoms with Crippen LogP contribution in [0.4, 0.5) is 19.2 Å². The van der Waals surface area contributed by atoms with Crippen LogP contribution in [0.1, 0.15) is 24.0 Å². The Morgan fingerprint density at radius 3 is 2.25 bits per heavy atom. The van der Waals surface area contributed by atoms with E-state index < -0.39 is 35.6 Å². The number of para-hydroxylation sites is 2. The van der Waals surface area contributed by atoms with Crippen LogP contribution in [0, 0.1) is 0 Å². The summed E-state index contributed by atoms with van der Waals surface area (Å²) >= 11 is 0. The maximum absolute atomic E-state index is 13.2. The highest BCUT2D eigenvalue weighted by atomic mass is 19.4. The minimum atomic E-state index is -4.49. The van der Waals surface area contributed by atoms with Crippen LogP contribution in [0.2, 0.25) is 0 Å². The third-order valence-electron chi connectivity index (χ3n) is 6.77. The summed E-state index contributed by atoms with van der Waals surface area (Å²) in [6, 6.07) is 9.16. The molecule has 0 bridgehead atoms. The number of hydrogen-bond acceptors (Lipinski definition) is 7. The summed E-state index contributed by atoms with van der Waals surface area (Å²) in [5, 5.41) is 5.19. The van der Waals surface area contributed by atoms with Gasteiger partial charge in [0.15, 0.2) is 5.58 Å². The van der Waals surface area contributed by atoms with E-state index in [0.717, 1.165) is 31.8 Å². The lowest BCUT2D eigenvalue weighted by Crippen LogP contribution is -2.52. The molecule has 0 spiro atoms. The molecule has 0 aliphatic rings. The Hall–Kier alpha value is -3.52. The predicted molar refractivity (Wildman–Crippen MR) is 146 cm³/mol. The number of fused-ring (bicyclic) bond motifs is 1. The molecule has 40 heavy (non-hydrogen) atoms. The van der Waals surface area contributed by atoms with Crippen LogP contribution in [-0.2, 0) is 22.2 Å². The molecule has 0 saturated heterocycles. The number of nitrogens with two attached hydrogens (primary N) is 3.